The van der Waals surface area contributed by atoms with E-state index >= 15 is 0 Å². The summed E-state index contributed by atoms with van der Waals surface area (Å²) in [4.78, 5) is 37.5. The number of rotatable bonds is 5. The fraction of sp³-hybridized carbons (Fsp3) is 0.286. The van der Waals surface area contributed by atoms with Crippen molar-refractivity contribution < 1.29 is 19.6 Å². The number of carboxylic acids is 1. The number of anilines is 1. The lowest BCUT2D eigenvalue weighted by molar-refractivity contribution is -0.385. The van der Waals surface area contributed by atoms with Gasteiger partial charge in [0.1, 0.15) is 6.20 Å². The second kappa shape index (κ2) is 6.07. The van der Waals surface area contributed by atoms with Crippen LogP contribution in [0.4, 0.5) is 11.4 Å². The van der Waals surface area contributed by atoms with Crippen molar-refractivity contribution in [3.05, 3.63) is 46.0 Å². The number of pyridine rings is 1. The van der Waals surface area contributed by atoms with Crippen LogP contribution in [0.15, 0.2) is 24.7 Å². The van der Waals surface area contributed by atoms with Crippen molar-refractivity contribution in [2.45, 2.75) is 26.3 Å². The number of hydrogen-bond acceptors (Lipinski definition) is 6. The first kappa shape index (κ1) is 17.1. The van der Waals surface area contributed by atoms with Crippen LogP contribution < -0.4 is 5.32 Å². The molecule has 2 heterocycles. The number of hydrogen-bond donors (Lipinski definition) is 2. The van der Waals surface area contributed by atoms with Gasteiger partial charge in [0.2, 0.25) is 0 Å². The molecule has 24 heavy (non-hydrogen) atoms. The van der Waals surface area contributed by atoms with Crippen molar-refractivity contribution in [3.63, 3.8) is 0 Å². The van der Waals surface area contributed by atoms with Gasteiger partial charge in [0.15, 0.2) is 5.54 Å². The third kappa shape index (κ3) is 3.21. The van der Waals surface area contributed by atoms with E-state index in [4.69, 9.17) is 5.11 Å². The Hall–Kier alpha value is -3.30. The Kier molecular flexibility index (Phi) is 4.31. The molecule has 1 amide bonds. The minimum Gasteiger partial charge on any atom is -0.479 e. The maximum Gasteiger partial charge on any atom is 0.331 e. The van der Waals surface area contributed by atoms with E-state index in [0.717, 1.165) is 12.3 Å². The average molecular weight is 333 g/mol. The maximum absolute atomic E-state index is 12.3. The number of nitro groups is 1. The molecule has 0 fully saturated rings. The third-order valence-corrected chi connectivity index (χ3v) is 3.46. The molecule has 0 radical (unpaired) electrons. The molecule has 0 atom stereocenters. The lowest BCUT2D eigenvalue weighted by atomic mass is 10.1. The molecular formula is C14H15N5O5. The first-order chi connectivity index (χ1) is 11.1. The maximum atomic E-state index is 12.3. The van der Waals surface area contributed by atoms with E-state index in [0.29, 0.717) is 5.69 Å². The average Bonchev–Trinajstić information content (AvgIpc) is 2.96. The van der Waals surface area contributed by atoms with Gasteiger partial charge >= 0.3 is 5.97 Å². The fourth-order valence-electron chi connectivity index (χ4n) is 1.84. The molecule has 2 N–H and O–H groups in total. The fourth-order valence-corrected chi connectivity index (χ4v) is 1.84. The van der Waals surface area contributed by atoms with E-state index in [-0.39, 0.29) is 16.9 Å². The predicted molar refractivity (Wildman–Crippen MR) is 82.8 cm³/mol. The summed E-state index contributed by atoms with van der Waals surface area (Å²) in [6.45, 7) is 4.47. The molecule has 0 aliphatic carbocycles. The zero-order valence-electron chi connectivity index (χ0n) is 13.2. The minimum atomic E-state index is -1.29. The molecule has 0 aliphatic heterocycles. The first-order valence-corrected chi connectivity index (χ1v) is 6.84. The van der Waals surface area contributed by atoms with Crippen LogP contribution in [-0.4, -0.2) is 36.7 Å². The van der Waals surface area contributed by atoms with Crippen LogP contribution in [-0.2, 0) is 10.3 Å². The monoisotopic (exact) mass is 333 g/mol. The highest BCUT2D eigenvalue weighted by atomic mass is 16.6. The molecular weight excluding hydrogens is 318 g/mol. The number of aryl methyl sites for hydroxylation is 1. The molecule has 0 aromatic carbocycles. The first-order valence-electron chi connectivity index (χ1n) is 6.84. The Balaban J connectivity index is 2.25. The summed E-state index contributed by atoms with van der Waals surface area (Å²) in [7, 11) is 0. The van der Waals surface area contributed by atoms with E-state index < -0.39 is 22.3 Å². The van der Waals surface area contributed by atoms with Crippen LogP contribution >= 0.6 is 0 Å². The Morgan fingerprint density at radius 3 is 2.62 bits per heavy atom. The number of amides is 1. The highest BCUT2D eigenvalue weighted by Crippen LogP contribution is 2.19. The lowest BCUT2D eigenvalue weighted by Gasteiger charge is -2.19. The Morgan fingerprint density at radius 2 is 2.04 bits per heavy atom. The molecule has 10 heteroatoms. The number of carbonyl (C=O) groups excluding carboxylic acids is 1. The van der Waals surface area contributed by atoms with E-state index in [1.54, 1.807) is 6.92 Å². The van der Waals surface area contributed by atoms with Gasteiger partial charge in [-0.15, -0.1) is 0 Å². The van der Waals surface area contributed by atoms with Crippen LogP contribution in [0.1, 0.15) is 29.9 Å². The predicted octanol–water partition coefficient (Wildman–Crippen LogP) is 1.57. The normalized spacial score (nSPS) is 11.1. The Bertz CT molecular complexity index is 827. The summed E-state index contributed by atoms with van der Waals surface area (Å²) >= 11 is 0. The molecule has 10 nitrogen and oxygen atoms in total. The number of aliphatic carboxylic acids is 1. The van der Waals surface area contributed by atoms with E-state index in [1.165, 1.54) is 30.9 Å². The van der Waals surface area contributed by atoms with Crippen molar-refractivity contribution in [2.75, 3.05) is 5.32 Å². The highest BCUT2D eigenvalue weighted by Gasteiger charge is 2.30. The summed E-state index contributed by atoms with van der Waals surface area (Å²) in [6, 6.07) is 1.13. The van der Waals surface area contributed by atoms with Crippen LogP contribution in [0.2, 0.25) is 0 Å². The van der Waals surface area contributed by atoms with Crippen LogP contribution in [0, 0.1) is 17.0 Å². The van der Waals surface area contributed by atoms with Gasteiger partial charge in [0, 0.05) is 12.3 Å². The number of carbonyl (C=O) groups is 2. The summed E-state index contributed by atoms with van der Waals surface area (Å²) < 4.78 is 1.20. The topological polar surface area (TPSA) is 140 Å². The quantitative estimate of drug-likeness (QED) is 0.625. The van der Waals surface area contributed by atoms with Gasteiger partial charge in [0.25, 0.3) is 11.6 Å². The van der Waals surface area contributed by atoms with Gasteiger partial charge < -0.3 is 10.4 Å². The SMILES string of the molecule is Cc1ncc([N+](=O)[O-])cc1C(=O)Nc1cnn(C(C)(C)C(=O)O)c1. The van der Waals surface area contributed by atoms with Gasteiger partial charge in [-0.25, -0.2) is 4.79 Å². The molecule has 0 aliphatic rings. The standard InChI is InChI=1S/C14H15N5O5/c1-8-11(4-10(6-15-8)19(23)24)12(20)17-9-5-16-18(7-9)14(2,3)13(21)22/h4-7H,1-3H3,(H,17,20)(H,21,22). The molecule has 0 saturated carbocycles. The van der Waals surface area contributed by atoms with Crippen molar-refractivity contribution in [3.8, 4) is 0 Å². The van der Waals surface area contributed by atoms with Gasteiger partial charge in [0.05, 0.1) is 28.1 Å². The molecule has 0 saturated heterocycles. The lowest BCUT2D eigenvalue weighted by Crippen LogP contribution is -2.35. The molecule has 0 bridgehead atoms. The van der Waals surface area contributed by atoms with Crippen LogP contribution in [0.25, 0.3) is 0 Å². The van der Waals surface area contributed by atoms with Crippen molar-refractivity contribution >= 4 is 23.3 Å². The van der Waals surface area contributed by atoms with E-state index in [2.05, 4.69) is 15.4 Å². The van der Waals surface area contributed by atoms with Crippen molar-refractivity contribution in [1.82, 2.24) is 14.8 Å². The van der Waals surface area contributed by atoms with E-state index in [1.807, 2.05) is 0 Å². The number of nitrogens with one attached hydrogen (secondary N) is 1. The Morgan fingerprint density at radius 1 is 1.38 bits per heavy atom. The number of carboxylic acid groups (broad SMARTS) is 1. The number of aromatic nitrogens is 3. The second-order valence-electron chi connectivity index (χ2n) is 5.58. The summed E-state index contributed by atoms with van der Waals surface area (Å²) in [5.74, 6) is -1.68. The smallest absolute Gasteiger partial charge is 0.331 e. The Labute approximate surface area is 136 Å². The van der Waals surface area contributed by atoms with Crippen LogP contribution in [0.5, 0.6) is 0 Å². The van der Waals surface area contributed by atoms with Gasteiger partial charge in [-0.3, -0.25) is 24.6 Å². The number of nitrogens with zero attached hydrogens (tertiary/aromatic N) is 4. The van der Waals surface area contributed by atoms with Gasteiger partial charge in [-0.05, 0) is 20.8 Å². The zero-order valence-corrected chi connectivity index (χ0v) is 13.2. The van der Waals surface area contributed by atoms with Gasteiger partial charge in [-0.1, -0.05) is 0 Å². The molecule has 2 rings (SSSR count). The van der Waals surface area contributed by atoms with Crippen molar-refractivity contribution in [2.24, 2.45) is 0 Å². The minimum absolute atomic E-state index is 0.0504. The molecule has 2 aromatic rings. The summed E-state index contributed by atoms with van der Waals surface area (Å²) in [6.07, 6.45) is 3.73. The highest BCUT2D eigenvalue weighted by molar-refractivity contribution is 6.05. The van der Waals surface area contributed by atoms with Crippen molar-refractivity contribution in [1.29, 1.82) is 0 Å². The zero-order chi connectivity index (χ0) is 18.1. The molecule has 0 unspecified atom stereocenters. The summed E-state index contributed by atoms with van der Waals surface area (Å²) in [5.41, 5.74) is -0.939. The molecule has 0 spiro atoms. The summed E-state index contributed by atoms with van der Waals surface area (Å²) in [5, 5.41) is 26.4. The third-order valence-electron chi connectivity index (χ3n) is 3.46. The largest absolute Gasteiger partial charge is 0.479 e. The molecule has 126 valence electrons. The molecule has 2 aromatic heterocycles. The van der Waals surface area contributed by atoms with Gasteiger partial charge in [-0.2, -0.15) is 5.10 Å². The second-order valence-corrected chi connectivity index (χ2v) is 5.58. The van der Waals surface area contributed by atoms with Crippen LogP contribution in [0.3, 0.4) is 0 Å². The van der Waals surface area contributed by atoms with E-state index in [9.17, 15) is 19.7 Å².